The molecule has 8 nitrogen and oxygen atoms in total. The maximum atomic E-state index is 12.4. The Morgan fingerprint density at radius 3 is 2.73 bits per heavy atom. The average molecular weight is 399 g/mol. The summed E-state index contributed by atoms with van der Waals surface area (Å²) in [5, 5.41) is 7.88. The van der Waals surface area contributed by atoms with Crippen LogP contribution in [0.2, 0.25) is 5.22 Å². The molecule has 3 heterocycles. The van der Waals surface area contributed by atoms with E-state index in [9.17, 15) is 4.79 Å². The van der Waals surface area contributed by atoms with Gasteiger partial charge < -0.3 is 19.3 Å². The second-order valence-corrected chi connectivity index (χ2v) is 6.39. The molecule has 1 aliphatic heterocycles. The first kappa shape index (κ1) is 20.1. The third-order valence-corrected chi connectivity index (χ3v) is 4.46. The van der Waals surface area contributed by atoms with Gasteiger partial charge in [0.1, 0.15) is 5.82 Å². The quantitative estimate of drug-likeness (QED) is 0.478. The van der Waals surface area contributed by atoms with Crippen molar-refractivity contribution in [2.24, 2.45) is 0 Å². The van der Waals surface area contributed by atoms with Crippen LogP contribution >= 0.6 is 23.4 Å². The zero-order valence-corrected chi connectivity index (χ0v) is 15.7. The zero-order valence-electron chi connectivity index (χ0n) is 14.2. The molecule has 1 amide bonds. The van der Waals surface area contributed by atoms with E-state index in [2.05, 4.69) is 14.9 Å². The smallest absolute Gasteiger partial charge is 0.290 e. The summed E-state index contributed by atoms with van der Waals surface area (Å²) in [5.74, 6) is 1.07. The predicted molar refractivity (Wildman–Crippen MR) is 99.0 cm³/mol. The van der Waals surface area contributed by atoms with E-state index in [1.165, 1.54) is 11.8 Å². The molecule has 0 aliphatic carbocycles. The first-order valence-electron chi connectivity index (χ1n) is 7.83. The van der Waals surface area contributed by atoms with Crippen molar-refractivity contribution < 1.29 is 19.1 Å². The first-order valence-corrected chi connectivity index (χ1v) is 9.43. The Bertz CT molecular complexity index is 743. The van der Waals surface area contributed by atoms with Gasteiger partial charge in [0.25, 0.3) is 12.4 Å². The van der Waals surface area contributed by atoms with E-state index in [-0.39, 0.29) is 23.4 Å². The number of hydrogen-bond acceptors (Lipinski definition) is 7. The number of carboxylic acid groups (broad SMARTS) is 1. The molecule has 10 heteroatoms. The van der Waals surface area contributed by atoms with Crippen LogP contribution in [0.4, 0.5) is 5.82 Å². The second kappa shape index (κ2) is 10.0. The topological polar surface area (TPSA) is 99.8 Å². The van der Waals surface area contributed by atoms with Crippen LogP contribution in [0.25, 0.3) is 0 Å². The lowest BCUT2D eigenvalue weighted by Gasteiger charge is -2.22. The Hall–Kier alpha value is -2.26. The van der Waals surface area contributed by atoms with Crippen molar-refractivity contribution in [3.05, 3.63) is 35.4 Å². The molecular weight excluding hydrogens is 380 g/mol. The summed E-state index contributed by atoms with van der Waals surface area (Å²) < 4.78 is 5.22. The maximum absolute atomic E-state index is 12.4. The van der Waals surface area contributed by atoms with E-state index in [0.717, 1.165) is 30.5 Å². The van der Waals surface area contributed by atoms with Gasteiger partial charge in [-0.15, -0.1) is 0 Å². The van der Waals surface area contributed by atoms with Gasteiger partial charge in [-0.05, 0) is 42.5 Å². The fourth-order valence-corrected chi connectivity index (χ4v) is 3.04. The molecule has 0 spiro atoms. The molecule has 1 fully saturated rings. The van der Waals surface area contributed by atoms with E-state index in [4.69, 9.17) is 25.9 Å². The van der Waals surface area contributed by atoms with Crippen molar-refractivity contribution in [3.8, 4) is 0 Å². The fraction of sp³-hybridized carbons (Fsp3) is 0.375. The number of rotatable bonds is 3. The molecule has 3 rings (SSSR count). The summed E-state index contributed by atoms with van der Waals surface area (Å²) in [7, 11) is 0. The molecule has 0 radical (unpaired) electrons. The number of furan rings is 1. The Balaban J connectivity index is 0.000000758. The highest BCUT2D eigenvalue weighted by Gasteiger charge is 2.23. The molecule has 2 aromatic heterocycles. The summed E-state index contributed by atoms with van der Waals surface area (Å²) in [6, 6.07) is 5.11. The lowest BCUT2D eigenvalue weighted by Crippen LogP contribution is -2.35. The number of hydrogen-bond donors (Lipinski definition) is 1. The highest BCUT2D eigenvalue weighted by atomic mass is 35.5. The lowest BCUT2D eigenvalue weighted by molar-refractivity contribution is -0.122. The summed E-state index contributed by atoms with van der Waals surface area (Å²) in [5.41, 5.74) is 0. The van der Waals surface area contributed by atoms with Crippen molar-refractivity contribution in [2.45, 2.75) is 11.6 Å². The van der Waals surface area contributed by atoms with Crippen LogP contribution < -0.4 is 4.90 Å². The summed E-state index contributed by atoms with van der Waals surface area (Å²) in [4.78, 5) is 33.5. The monoisotopic (exact) mass is 398 g/mol. The summed E-state index contributed by atoms with van der Waals surface area (Å²) >= 11 is 7.26. The maximum Gasteiger partial charge on any atom is 0.290 e. The molecule has 0 bridgehead atoms. The highest BCUT2D eigenvalue weighted by molar-refractivity contribution is 7.98. The Morgan fingerprint density at radius 2 is 2.08 bits per heavy atom. The molecule has 0 atom stereocenters. The minimum atomic E-state index is -0.250. The molecule has 140 valence electrons. The number of thioether (sulfide) groups is 1. The molecule has 0 unspecified atom stereocenters. The van der Waals surface area contributed by atoms with Gasteiger partial charge in [-0.2, -0.15) is 0 Å². The number of amides is 1. The van der Waals surface area contributed by atoms with Crippen LogP contribution in [0.1, 0.15) is 17.0 Å². The number of aromatic nitrogens is 2. The molecule has 1 saturated heterocycles. The number of carbonyl (C=O) groups is 2. The van der Waals surface area contributed by atoms with E-state index in [0.29, 0.717) is 13.1 Å². The average Bonchev–Trinajstić information content (AvgIpc) is 2.94. The van der Waals surface area contributed by atoms with Crippen LogP contribution in [0.5, 0.6) is 0 Å². The molecular formula is C16H19ClN4O4S. The Labute approximate surface area is 160 Å². The lowest BCUT2D eigenvalue weighted by atomic mass is 10.3. The second-order valence-electron chi connectivity index (χ2n) is 5.24. The molecule has 26 heavy (non-hydrogen) atoms. The van der Waals surface area contributed by atoms with E-state index < -0.39 is 0 Å². The largest absolute Gasteiger partial charge is 0.483 e. The third-order valence-electron chi connectivity index (χ3n) is 3.69. The van der Waals surface area contributed by atoms with Crippen LogP contribution in [0.3, 0.4) is 0 Å². The molecule has 1 N–H and O–H groups in total. The van der Waals surface area contributed by atoms with E-state index in [1.54, 1.807) is 23.2 Å². The SMILES string of the molecule is CSc1nccc(N2CCCN(C(=O)c3ccc(Cl)o3)CC2)n1.O=CO. The van der Waals surface area contributed by atoms with Crippen molar-refractivity contribution in [1.29, 1.82) is 0 Å². The van der Waals surface area contributed by atoms with Crippen LogP contribution in [-0.2, 0) is 4.79 Å². The van der Waals surface area contributed by atoms with Crippen LogP contribution in [0, 0.1) is 0 Å². The minimum Gasteiger partial charge on any atom is -0.483 e. The van der Waals surface area contributed by atoms with Crippen molar-refractivity contribution in [3.63, 3.8) is 0 Å². The number of anilines is 1. The van der Waals surface area contributed by atoms with Gasteiger partial charge >= 0.3 is 0 Å². The third kappa shape index (κ3) is 5.37. The van der Waals surface area contributed by atoms with Crippen molar-refractivity contribution in [2.75, 3.05) is 37.3 Å². The predicted octanol–water partition coefficient (Wildman–Crippen LogP) is 2.50. The van der Waals surface area contributed by atoms with Crippen molar-refractivity contribution in [1.82, 2.24) is 14.9 Å². The standard InChI is InChI=1S/C15H17ClN4O2S.CH2O2/c1-23-15-17-6-5-13(18-15)19-7-2-8-20(10-9-19)14(21)11-3-4-12(16)22-11;2-1-3/h3-6H,2,7-10H2,1H3;1H,(H,2,3). The van der Waals surface area contributed by atoms with E-state index in [1.807, 2.05) is 12.3 Å². The van der Waals surface area contributed by atoms with Gasteiger partial charge in [-0.1, -0.05) is 11.8 Å². The first-order chi connectivity index (χ1) is 12.6. The van der Waals surface area contributed by atoms with Gasteiger partial charge in [0, 0.05) is 32.4 Å². The van der Waals surface area contributed by atoms with Gasteiger partial charge in [0.2, 0.25) is 0 Å². The number of carbonyl (C=O) groups excluding carboxylic acids is 1. The Morgan fingerprint density at radius 1 is 1.31 bits per heavy atom. The molecule has 1 aliphatic rings. The fourth-order valence-electron chi connectivity index (χ4n) is 2.54. The van der Waals surface area contributed by atoms with Gasteiger partial charge in [-0.3, -0.25) is 9.59 Å². The number of nitrogens with zero attached hydrogens (tertiary/aromatic N) is 4. The van der Waals surface area contributed by atoms with Crippen LogP contribution in [0.15, 0.2) is 34.0 Å². The zero-order chi connectivity index (χ0) is 18.9. The van der Waals surface area contributed by atoms with Gasteiger partial charge in [0.05, 0.1) is 0 Å². The van der Waals surface area contributed by atoms with Crippen LogP contribution in [-0.4, -0.2) is 64.8 Å². The highest BCUT2D eigenvalue weighted by Crippen LogP contribution is 2.19. The van der Waals surface area contributed by atoms with E-state index >= 15 is 0 Å². The summed E-state index contributed by atoms with van der Waals surface area (Å²) in [6.45, 7) is 2.64. The number of halogens is 1. The normalized spacial score (nSPS) is 14.2. The van der Waals surface area contributed by atoms with Crippen molar-refractivity contribution >= 4 is 41.6 Å². The summed E-state index contributed by atoms with van der Waals surface area (Å²) in [6.07, 6.45) is 4.60. The molecule has 0 aromatic carbocycles. The molecule has 0 saturated carbocycles. The van der Waals surface area contributed by atoms with Gasteiger partial charge in [0.15, 0.2) is 16.1 Å². The minimum absolute atomic E-state index is 0.119. The van der Waals surface area contributed by atoms with Gasteiger partial charge in [-0.25, -0.2) is 9.97 Å². The Kier molecular flexibility index (Phi) is 7.73. The molecule has 2 aromatic rings.